The first-order chi connectivity index (χ1) is 16.7. The van der Waals surface area contributed by atoms with Gasteiger partial charge in [-0.25, -0.2) is 0 Å². The molecule has 0 bridgehead atoms. The van der Waals surface area contributed by atoms with Crippen LogP contribution < -0.4 is 10.6 Å². The quantitative estimate of drug-likeness (QED) is 0.229. The van der Waals surface area contributed by atoms with Crippen molar-refractivity contribution in [3.63, 3.8) is 0 Å². The van der Waals surface area contributed by atoms with Gasteiger partial charge in [0.1, 0.15) is 22.8 Å². The predicted octanol–water partition coefficient (Wildman–Crippen LogP) is 1.52. The van der Waals surface area contributed by atoms with Crippen molar-refractivity contribution >= 4 is 23.1 Å². The number of aliphatic hydroxyl groups excluding tert-OH is 2. The molecule has 5 atom stereocenters. The molecule has 1 aromatic carbocycles. The monoisotopic (exact) mass is 501 g/mol. The molecule has 1 unspecified atom stereocenters. The summed E-state index contributed by atoms with van der Waals surface area (Å²) in [6.45, 7) is 5.39. The first kappa shape index (κ1) is 26.0. The van der Waals surface area contributed by atoms with Crippen LogP contribution in [0, 0.1) is 18.8 Å². The summed E-state index contributed by atoms with van der Waals surface area (Å²) in [4.78, 5) is 29.9. The number of aryl methyl sites for hydroxylation is 1. The number of hydrogen-bond donors (Lipinski definition) is 5. The van der Waals surface area contributed by atoms with E-state index < -0.39 is 58.0 Å². The summed E-state index contributed by atoms with van der Waals surface area (Å²) in [5.74, 6) is -6.37. The molecule has 1 heterocycles. The molecule has 2 aliphatic carbocycles. The fourth-order valence-electron chi connectivity index (χ4n) is 6.30. The van der Waals surface area contributed by atoms with Gasteiger partial charge in [-0.05, 0) is 57.0 Å². The van der Waals surface area contributed by atoms with E-state index in [9.17, 15) is 30.0 Å². The van der Waals surface area contributed by atoms with E-state index in [4.69, 9.17) is 10.5 Å². The molecule has 1 saturated carbocycles. The average molecular weight is 502 g/mol. The second kappa shape index (κ2) is 8.22. The minimum Gasteiger partial charge on any atom is -0.510 e. The van der Waals surface area contributed by atoms with Crippen LogP contribution in [0.25, 0.3) is 5.76 Å². The van der Waals surface area contributed by atoms with Gasteiger partial charge in [0.25, 0.3) is 5.91 Å². The van der Waals surface area contributed by atoms with Crippen LogP contribution in [0.1, 0.15) is 37.0 Å². The number of rotatable bonds is 5. The molecule has 2 fully saturated rings. The molecule has 1 aromatic rings. The molecule has 196 valence electrons. The molecule has 0 aromatic heterocycles. The van der Waals surface area contributed by atoms with Gasteiger partial charge < -0.3 is 35.8 Å². The Labute approximate surface area is 210 Å². The summed E-state index contributed by atoms with van der Waals surface area (Å²) in [6.07, 6.45) is 0.748. The molecule has 1 amide bonds. The fourth-order valence-corrected chi connectivity index (χ4v) is 6.30. The number of Topliss-reactive ketones (excluding diaryl/α,β-unsaturated/α-hetero) is 1. The summed E-state index contributed by atoms with van der Waals surface area (Å²) in [5, 5.41) is 44.8. The smallest absolute Gasteiger partial charge is 0.253 e. The van der Waals surface area contributed by atoms with Crippen LogP contribution in [0.15, 0.2) is 23.0 Å². The van der Waals surface area contributed by atoms with Crippen molar-refractivity contribution in [3.05, 3.63) is 39.7 Å². The molecule has 1 saturated heterocycles. The average Bonchev–Trinajstić information content (AvgIpc) is 3.39. The maximum Gasteiger partial charge on any atom is 0.253 e. The van der Waals surface area contributed by atoms with E-state index in [1.807, 2.05) is 32.0 Å². The molecular formula is C26H35N3O7. The van der Waals surface area contributed by atoms with Gasteiger partial charge in [0, 0.05) is 31.3 Å². The number of nitrogens with two attached hydrogens (primary N) is 1. The number of aromatic hydroxyl groups is 1. The van der Waals surface area contributed by atoms with Crippen LogP contribution in [-0.4, -0.2) is 82.6 Å². The topological polar surface area (TPSA) is 160 Å². The Morgan fingerprint density at radius 3 is 2.36 bits per heavy atom. The van der Waals surface area contributed by atoms with Crippen LogP contribution in [0.4, 0.5) is 5.69 Å². The standard InChI is InChI=1S/C26H35N3O7/c1-8-13-10-15(28(4)5)12(3)17(20(13)30)21(31)16-11(2)9-14-19(29(6)7)22(32)18(24(27)34)26(35)25(14,36-26)23(16)33/h10-11,14,19,30-32,35H,8-9H2,1-7H3,(H2,27,34)/t11-,14-,19-,25-,26?/m0/s1. The molecule has 3 aliphatic rings. The van der Waals surface area contributed by atoms with E-state index in [0.717, 1.165) is 5.69 Å². The van der Waals surface area contributed by atoms with Crippen molar-refractivity contribution in [1.29, 1.82) is 0 Å². The van der Waals surface area contributed by atoms with Crippen LogP contribution in [0.2, 0.25) is 0 Å². The van der Waals surface area contributed by atoms with E-state index in [-0.39, 0.29) is 23.3 Å². The van der Waals surface area contributed by atoms with Gasteiger partial charge in [-0.3, -0.25) is 14.5 Å². The van der Waals surface area contributed by atoms with Gasteiger partial charge in [-0.1, -0.05) is 13.8 Å². The van der Waals surface area contributed by atoms with Crippen LogP contribution in [-0.2, 0) is 20.7 Å². The Morgan fingerprint density at radius 1 is 1.25 bits per heavy atom. The lowest BCUT2D eigenvalue weighted by molar-refractivity contribution is -0.127. The molecule has 1 spiro atoms. The van der Waals surface area contributed by atoms with Crippen molar-refractivity contribution in [3.8, 4) is 5.75 Å². The van der Waals surface area contributed by atoms with Crippen LogP contribution >= 0.6 is 0 Å². The van der Waals surface area contributed by atoms with Crippen molar-refractivity contribution in [2.45, 2.75) is 51.0 Å². The van der Waals surface area contributed by atoms with Gasteiger partial charge >= 0.3 is 0 Å². The number of epoxide rings is 1. The summed E-state index contributed by atoms with van der Waals surface area (Å²) >= 11 is 0. The minimum absolute atomic E-state index is 0.0127. The molecule has 6 N–H and O–H groups in total. The molecular weight excluding hydrogens is 466 g/mol. The summed E-state index contributed by atoms with van der Waals surface area (Å²) in [5.41, 5.74) is 5.12. The van der Waals surface area contributed by atoms with Gasteiger partial charge in [0.15, 0.2) is 5.60 Å². The highest BCUT2D eigenvalue weighted by Crippen LogP contribution is 2.66. The third-order valence-electron chi connectivity index (χ3n) is 8.00. The molecule has 4 rings (SSSR count). The number of aliphatic hydroxyl groups is 3. The fraction of sp³-hybridized carbons (Fsp3) is 0.538. The lowest BCUT2D eigenvalue weighted by Gasteiger charge is -2.44. The van der Waals surface area contributed by atoms with Crippen LogP contribution in [0.5, 0.6) is 5.75 Å². The maximum absolute atomic E-state index is 14.1. The van der Waals surface area contributed by atoms with E-state index in [1.54, 1.807) is 32.8 Å². The van der Waals surface area contributed by atoms with Gasteiger partial charge in [-0.2, -0.15) is 0 Å². The Morgan fingerprint density at radius 2 is 1.86 bits per heavy atom. The number of ketones is 1. The first-order valence-electron chi connectivity index (χ1n) is 12.0. The number of benzene rings is 1. The Hall–Kier alpha value is -3.08. The number of amides is 1. The predicted molar refractivity (Wildman–Crippen MR) is 133 cm³/mol. The Bertz CT molecular complexity index is 1230. The van der Waals surface area contributed by atoms with E-state index >= 15 is 0 Å². The zero-order valence-electron chi connectivity index (χ0n) is 21.7. The minimum atomic E-state index is -2.40. The molecule has 36 heavy (non-hydrogen) atoms. The highest BCUT2D eigenvalue weighted by Gasteiger charge is 2.85. The third kappa shape index (κ3) is 3.14. The Balaban J connectivity index is 1.97. The van der Waals surface area contributed by atoms with Crippen molar-refractivity contribution in [2.75, 3.05) is 33.1 Å². The Kier molecular flexibility index (Phi) is 5.94. The van der Waals surface area contributed by atoms with Gasteiger partial charge in [0.2, 0.25) is 11.6 Å². The summed E-state index contributed by atoms with van der Waals surface area (Å²) in [7, 11) is 7.05. The molecule has 10 nitrogen and oxygen atoms in total. The molecule has 10 heteroatoms. The van der Waals surface area contributed by atoms with Crippen molar-refractivity contribution in [2.24, 2.45) is 17.6 Å². The summed E-state index contributed by atoms with van der Waals surface area (Å²) in [6, 6.07) is 1.02. The normalized spacial score (nSPS) is 32.8. The second-order valence-corrected chi connectivity index (χ2v) is 10.5. The molecule has 0 radical (unpaired) electrons. The zero-order chi connectivity index (χ0) is 27.1. The number of carbonyl (C=O) groups is 2. The lowest BCUT2D eigenvalue weighted by Crippen LogP contribution is -2.60. The number of hydrogen-bond acceptors (Lipinski definition) is 9. The number of primary amides is 1. The zero-order valence-corrected chi connectivity index (χ0v) is 21.7. The second-order valence-electron chi connectivity index (χ2n) is 10.5. The lowest BCUT2D eigenvalue weighted by atomic mass is 9.61. The van der Waals surface area contributed by atoms with Crippen molar-refractivity contribution in [1.82, 2.24) is 4.90 Å². The number of ether oxygens (including phenoxy) is 1. The summed E-state index contributed by atoms with van der Waals surface area (Å²) < 4.78 is 5.67. The number of carbonyl (C=O) groups excluding carboxylic acids is 2. The van der Waals surface area contributed by atoms with E-state index in [0.29, 0.717) is 17.5 Å². The van der Waals surface area contributed by atoms with E-state index in [2.05, 4.69) is 0 Å². The van der Waals surface area contributed by atoms with Gasteiger partial charge in [0.05, 0.1) is 11.6 Å². The number of likely N-dealkylation sites (N-methyl/N-ethyl adjacent to an activating group) is 1. The number of anilines is 1. The third-order valence-corrected chi connectivity index (χ3v) is 8.00. The first-order valence-corrected chi connectivity index (χ1v) is 12.0. The number of nitrogens with zero attached hydrogens (tertiary/aromatic N) is 2. The SMILES string of the molecule is CCc1cc(N(C)C)c(C)c(C(O)=C2C(=O)[C@]34OC3(O)C(C(N)=O)=C(O)[C@@H](N(C)C)[C@@H]4C[C@@H]2C)c1O. The highest BCUT2D eigenvalue weighted by atomic mass is 16.8. The highest BCUT2D eigenvalue weighted by molar-refractivity contribution is 6.13. The maximum atomic E-state index is 14.1. The number of phenols is 1. The van der Waals surface area contributed by atoms with Crippen molar-refractivity contribution < 1.29 is 34.8 Å². The van der Waals surface area contributed by atoms with Crippen LogP contribution in [0.3, 0.4) is 0 Å². The largest absolute Gasteiger partial charge is 0.510 e. The number of phenolic OH excluding ortho intramolecular Hbond substituents is 1. The van der Waals surface area contributed by atoms with Gasteiger partial charge in [-0.15, -0.1) is 0 Å². The molecule has 1 aliphatic heterocycles. The van der Waals surface area contributed by atoms with E-state index in [1.165, 1.54) is 0 Å².